The molecule has 1 aromatic rings. The summed E-state index contributed by atoms with van der Waals surface area (Å²) in [6, 6.07) is 1.97. The summed E-state index contributed by atoms with van der Waals surface area (Å²) in [6.07, 6.45) is 0. The molecular weight excluding hydrogens is 267 g/mol. The van der Waals surface area contributed by atoms with Crippen molar-refractivity contribution in [3.8, 4) is 0 Å². The molecule has 1 atom stereocenters. The molecule has 3 nitrogen and oxygen atoms in total. The quantitative estimate of drug-likeness (QED) is 0.856. The first-order valence-electron chi connectivity index (χ1n) is 5.05. The van der Waals surface area contributed by atoms with Crippen LogP contribution in [-0.2, 0) is 0 Å². The van der Waals surface area contributed by atoms with Gasteiger partial charge in [-0.15, -0.1) is 11.3 Å². The van der Waals surface area contributed by atoms with Crippen molar-refractivity contribution in [1.29, 1.82) is 0 Å². The Hall–Kier alpha value is -0.290. The van der Waals surface area contributed by atoms with Gasteiger partial charge in [-0.1, -0.05) is 23.2 Å². The zero-order chi connectivity index (χ0) is 11.7. The molecule has 1 aliphatic rings. The summed E-state index contributed by atoms with van der Waals surface area (Å²) in [5.74, 6) is -0.0264. The molecule has 0 radical (unpaired) electrons. The van der Waals surface area contributed by atoms with Crippen LogP contribution >= 0.6 is 34.5 Å². The molecule has 6 heteroatoms. The molecular formula is C10H12Cl2N2OS. The smallest absolute Gasteiger partial charge is 0.256 e. The number of nitrogens with one attached hydrogen (secondary N) is 1. The number of carbonyl (C=O) groups excluding carboxylic acids is 1. The fourth-order valence-electron chi connectivity index (χ4n) is 1.77. The molecule has 0 unspecified atom stereocenters. The van der Waals surface area contributed by atoms with Crippen LogP contribution in [0.25, 0.3) is 0 Å². The lowest BCUT2D eigenvalue weighted by Gasteiger charge is -2.31. The van der Waals surface area contributed by atoms with Crippen LogP contribution in [0, 0.1) is 0 Å². The lowest BCUT2D eigenvalue weighted by Crippen LogP contribution is -2.51. The highest BCUT2D eigenvalue weighted by Gasteiger charge is 2.24. The van der Waals surface area contributed by atoms with Crippen LogP contribution in [0.3, 0.4) is 0 Å². The molecule has 1 fully saturated rings. The second-order valence-electron chi connectivity index (χ2n) is 3.84. The van der Waals surface area contributed by atoms with Crippen molar-refractivity contribution < 1.29 is 4.79 Å². The van der Waals surface area contributed by atoms with E-state index in [0.29, 0.717) is 33.4 Å². The van der Waals surface area contributed by atoms with Crippen LogP contribution in [0.1, 0.15) is 17.3 Å². The van der Waals surface area contributed by atoms with Gasteiger partial charge in [0, 0.05) is 25.7 Å². The number of hydrogen-bond donors (Lipinski definition) is 1. The van der Waals surface area contributed by atoms with Crippen LogP contribution in [-0.4, -0.2) is 36.5 Å². The van der Waals surface area contributed by atoms with E-state index in [2.05, 4.69) is 12.2 Å². The van der Waals surface area contributed by atoms with Gasteiger partial charge in [0.05, 0.1) is 9.90 Å². The standard InChI is InChI=1S/C10H12Cl2N2OS/c1-6-5-14(3-2-13-6)10(15)7-4-8(11)16-9(7)12/h4,6,13H,2-3,5H2,1H3/t6-/m0/s1. The van der Waals surface area contributed by atoms with Gasteiger partial charge >= 0.3 is 0 Å². The fourth-order valence-corrected chi connectivity index (χ4v) is 3.22. The average molecular weight is 279 g/mol. The molecule has 0 bridgehead atoms. The third-order valence-electron chi connectivity index (χ3n) is 2.54. The van der Waals surface area contributed by atoms with Crippen molar-refractivity contribution in [2.45, 2.75) is 13.0 Å². The van der Waals surface area contributed by atoms with Crippen LogP contribution in [0.2, 0.25) is 8.67 Å². The first kappa shape index (κ1) is 12.2. The highest BCUT2D eigenvalue weighted by Crippen LogP contribution is 2.32. The number of piperazine rings is 1. The number of amides is 1. The Morgan fingerprint density at radius 3 is 2.94 bits per heavy atom. The van der Waals surface area contributed by atoms with Crippen LogP contribution in [0.15, 0.2) is 6.07 Å². The van der Waals surface area contributed by atoms with E-state index in [9.17, 15) is 4.79 Å². The highest BCUT2D eigenvalue weighted by atomic mass is 35.5. The maximum absolute atomic E-state index is 12.1. The van der Waals surface area contributed by atoms with Gasteiger partial charge in [0.15, 0.2) is 0 Å². The van der Waals surface area contributed by atoms with Gasteiger partial charge < -0.3 is 10.2 Å². The predicted molar refractivity (Wildman–Crippen MR) is 67.7 cm³/mol. The molecule has 1 aromatic heterocycles. The lowest BCUT2D eigenvalue weighted by atomic mass is 10.2. The third kappa shape index (κ3) is 2.51. The Labute approximate surface area is 108 Å². The average Bonchev–Trinajstić information content (AvgIpc) is 2.57. The van der Waals surface area contributed by atoms with E-state index in [1.807, 2.05) is 4.90 Å². The number of halogens is 2. The molecule has 0 spiro atoms. The van der Waals surface area contributed by atoms with Gasteiger partial charge in [-0.25, -0.2) is 0 Å². The maximum Gasteiger partial charge on any atom is 0.256 e. The van der Waals surface area contributed by atoms with Gasteiger partial charge in [-0.05, 0) is 13.0 Å². The number of carbonyl (C=O) groups is 1. The molecule has 1 saturated heterocycles. The van der Waals surface area contributed by atoms with E-state index >= 15 is 0 Å². The van der Waals surface area contributed by atoms with E-state index < -0.39 is 0 Å². The Kier molecular flexibility index (Phi) is 3.74. The minimum atomic E-state index is -0.0264. The van der Waals surface area contributed by atoms with Gasteiger partial charge in [0.1, 0.15) is 4.34 Å². The largest absolute Gasteiger partial charge is 0.336 e. The number of hydrogen-bond acceptors (Lipinski definition) is 3. The Morgan fingerprint density at radius 1 is 1.62 bits per heavy atom. The predicted octanol–water partition coefficient (Wildman–Crippen LogP) is 2.49. The monoisotopic (exact) mass is 278 g/mol. The van der Waals surface area contributed by atoms with Gasteiger partial charge in [-0.2, -0.15) is 0 Å². The second-order valence-corrected chi connectivity index (χ2v) is 6.13. The topological polar surface area (TPSA) is 32.3 Å². The molecule has 16 heavy (non-hydrogen) atoms. The molecule has 88 valence electrons. The molecule has 1 N–H and O–H groups in total. The zero-order valence-electron chi connectivity index (χ0n) is 8.80. The summed E-state index contributed by atoms with van der Waals surface area (Å²) in [7, 11) is 0. The molecule has 2 heterocycles. The van der Waals surface area contributed by atoms with E-state index in [1.54, 1.807) is 6.07 Å². The van der Waals surface area contributed by atoms with Crippen molar-refractivity contribution in [3.63, 3.8) is 0 Å². The molecule has 0 aromatic carbocycles. The Bertz CT molecular complexity index is 408. The Morgan fingerprint density at radius 2 is 2.38 bits per heavy atom. The molecule has 1 aliphatic heterocycles. The summed E-state index contributed by atoms with van der Waals surface area (Å²) in [4.78, 5) is 14.0. The first-order chi connectivity index (χ1) is 7.58. The second kappa shape index (κ2) is 4.92. The highest BCUT2D eigenvalue weighted by molar-refractivity contribution is 7.20. The van der Waals surface area contributed by atoms with E-state index in [0.717, 1.165) is 6.54 Å². The van der Waals surface area contributed by atoms with Crippen molar-refractivity contribution in [2.24, 2.45) is 0 Å². The normalized spacial score (nSPS) is 21.2. The van der Waals surface area contributed by atoms with Crippen molar-refractivity contribution >= 4 is 40.4 Å². The van der Waals surface area contributed by atoms with E-state index in [-0.39, 0.29) is 5.91 Å². The van der Waals surface area contributed by atoms with Crippen molar-refractivity contribution in [2.75, 3.05) is 19.6 Å². The summed E-state index contributed by atoms with van der Waals surface area (Å²) in [6.45, 7) is 4.31. The minimum absolute atomic E-state index is 0.0264. The zero-order valence-corrected chi connectivity index (χ0v) is 11.1. The van der Waals surface area contributed by atoms with Gasteiger partial charge in [-0.3, -0.25) is 4.79 Å². The van der Waals surface area contributed by atoms with Crippen LogP contribution in [0.5, 0.6) is 0 Å². The molecule has 0 saturated carbocycles. The minimum Gasteiger partial charge on any atom is -0.336 e. The molecule has 2 rings (SSSR count). The van der Waals surface area contributed by atoms with Crippen molar-refractivity contribution in [1.82, 2.24) is 10.2 Å². The number of rotatable bonds is 1. The lowest BCUT2D eigenvalue weighted by molar-refractivity contribution is 0.0710. The van der Waals surface area contributed by atoms with E-state index in [1.165, 1.54) is 11.3 Å². The summed E-state index contributed by atoms with van der Waals surface area (Å²) in [5, 5.41) is 3.29. The van der Waals surface area contributed by atoms with Crippen molar-refractivity contribution in [3.05, 3.63) is 20.3 Å². The van der Waals surface area contributed by atoms with Crippen LogP contribution in [0.4, 0.5) is 0 Å². The third-order valence-corrected chi connectivity index (χ3v) is 4.03. The fraction of sp³-hybridized carbons (Fsp3) is 0.500. The number of thiophene rings is 1. The summed E-state index contributed by atoms with van der Waals surface area (Å²) < 4.78 is 1.03. The molecule has 1 amide bonds. The van der Waals surface area contributed by atoms with Gasteiger partial charge in [0.25, 0.3) is 5.91 Å². The summed E-state index contributed by atoms with van der Waals surface area (Å²) in [5.41, 5.74) is 0.519. The first-order valence-corrected chi connectivity index (χ1v) is 6.62. The summed E-state index contributed by atoms with van der Waals surface area (Å²) >= 11 is 13.0. The molecule has 0 aliphatic carbocycles. The van der Waals surface area contributed by atoms with Crippen LogP contribution < -0.4 is 5.32 Å². The number of nitrogens with zero attached hydrogens (tertiary/aromatic N) is 1. The van der Waals surface area contributed by atoms with Gasteiger partial charge in [0.2, 0.25) is 0 Å². The maximum atomic E-state index is 12.1. The van der Waals surface area contributed by atoms with E-state index in [4.69, 9.17) is 23.2 Å². The SMILES string of the molecule is C[C@H]1CN(C(=O)c2cc(Cl)sc2Cl)CCN1. The Balaban J connectivity index is 2.15.